The molecule has 0 saturated carbocycles. The van der Waals surface area contributed by atoms with Crippen molar-refractivity contribution in [3.05, 3.63) is 12.2 Å². The number of esters is 1. The lowest BCUT2D eigenvalue weighted by atomic mass is 9.87. The number of hydroxylamine groups is 2. The van der Waals surface area contributed by atoms with E-state index in [0.29, 0.717) is 13.0 Å². The normalized spacial score (nSPS) is 13.4. The van der Waals surface area contributed by atoms with Crippen LogP contribution in [-0.4, -0.2) is 43.6 Å². The van der Waals surface area contributed by atoms with Crippen molar-refractivity contribution in [2.24, 2.45) is 5.92 Å². The van der Waals surface area contributed by atoms with Crippen LogP contribution in [0.25, 0.3) is 0 Å². The largest absolute Gasteiger partial charge is 0.461 e. The van der Waals surface area contributed by atoms with E-state index in [9.17, 15) is 9.59 Å². The van der Waals surface area contributed by atoms with Gasteiger partial charge in [-0.15, -0.1) is 0 Å². The van der Waals surface area contributed by atoms with E-state index in [0.717, 1.165) is 64.2 Å². The highest BCUT2D eigenvalue weighted by atomic mass is 16.7. The van der Waals surface area contributed by atoms with E-state index >= 15 is 0 Å². The standard InChI is InChI=1S/C32H61NO4/c1-6-9-11-13-15-20-24-28-36-31(34)27-23-19-16-18-22-26-29(25-21-17-14-12-10-7-2)32(35)30(8-3)37-33(4)5/h20,24,29-30H,6-19,21-23,25-28H2,1-5H3/b24-20-. The highest BCUT2D eigenvalue weighted by molar-refractivity contribution is 5.85. The molecule has 0 radical (unpaired) electrons. The number of carbonyl (C=O) groups is 2. The van der Waals surface area contributed by atoms with Crippen LogP contribution in [0.2, 0.25) is 0 Å². The van der Waals surface area contributed by atoms with Crippen LogP contribution < -0.4 is 0 Å². The molecule has 5 heteroatoms. The Morgan fingerprint density at radius 2 is 1.24 bits per heavy atom. The quantitative estimate of drug-likeness (QED) is 0.0465. The lowest BCUT2D eigenvalue weighted by molar-refractivity contribution is -0.180. The zero-order valence-corrected chi connectivity index (χ0v) is 25.2. The Kier molecular flexibility index (Phi) is 25.6. The fourth-order valence-electron chi connectivity index (χ4n) is 4.72. The van der Waals surface area contributed by atoms with Crippen molar-refractivity contribution in [3.63, 3.8) is 0 Å². The Morgan fingerprint density at radius 3 is 1.81 bits per heavy atom. The van der Waals surface area contributed by atoms with Crippen LogP contribution in [0.3, 0.4) is 0 Å². The monoisotopic (exact) mass is 523 g/mol. The lowest BCUT2D eigenvalue weighted by Gasteiger charge is -2.24. The number of allylic oxidation sites excluding steroid dienone is 1. The molecule has 0 heterocycles. The average molecular weight is 524 g/mol. The van der Waals surface area contributed by atoms with Gasteiger partial charge in [0.25, 0.3) is 0 Å². The van der Waals surface area contributed by atoms with E-state index in [4.69, 9.17) is 9.57 Å². The molecular weight excluding hydrogens is 462 g/mol. The van der Waals surface area contributed by atoms with Gasteiger partial charge in [0.1, 0.15) is 12.7 Å². The number of Topliss-reactive ketones (excluding diaryl/α,β-unsaturated/α-hetero) is 1. The molecule has 37 heavy (non-hydrogen) atoms. The molecule has 0 aromatic carbocycles. The molecular formula is C32H61NO4. The molecule has 0 N–H and O–H groups in total. The smallest absolute Gasteiger partial charge is 0.306 e. The first-order valence-electron chi connectivity index (χ1n) is 15.6. The van der Waals surface area contributed by atoms with Gasteiger partial charge in [-0.1, -0.05) is 116 Å². The maximum absolute atomic E-state index is 13.2. The predicted molar refractivity (Wildman–Crippen MR) is 157 cm³/mol. The Hall–Kier alpha value is -1.20. The van der Waals surface area contributed by atoms with Crippen LogP contribution in [0.1, 0.15) is 149 Å². The van der Waals surface area contributed by atoms with Crippen molar-refractivity contribution >= 4 is 11.8 Å². The summed E-state index contributed by atoms with van der Waals surface area (Å²) in [5, 5.41) is 1.66. The minimum absolute atomic E-state index is 0.0910. The van der Waals surface area contributed by atoms with Gasteiger partial charge in [0.2, 0.25) is 0 Å². The summed E-state index contributed by atoms with van der Waals surface area (Å²) in [7, 11) is 3.70. The second kappa shape index (κ2) is 26.4. The predicted octanol–water partition coefficient (Wildman–Crippen LogP) is 8.99. The van der Waals surface area contributed by atoms with E-state index in [1.165, 1.54) is 57.8 Å². The molecule has 218 valence electrons. The fourth-order valence-corrected chi connectivity index (χ4v) is 4.72. The van der Waals surface area contributed by atoms with Crippen molar-refractivity contribution in [1.29, 1.82) is 0 Å². The van der Waals surface area contributed by atoms with E-state index in [1.807, 2.05) is 27.1 Å². The summed E-state index contributed by atoms with van der Waals surface area (Å²) in [6, 6.07) is 0. The molecule has 2 unspecified atom stereocenters. The van der Waals surface area contributed by atoms with Crippen LogP contribution in [0, 0.1) is 5.92 Å². The Morgan fingerprint density at radius 1 is 0.703 bits per heavy atom. The molecule has 0 bridgehead atoms. The molecule has 5 nitrogen and oxygen atoms in total. The number of hydrogen-bond acceptors (Lipinski definition) is 5. The minimum Gasteiger partial charge on any atom is -0.461 e. The topological polar surface area (TPSA) is 55.8 Å². The number of rotatable bonds is 27. The van der Waals surface area contributed by atoms with Crippen LogP contribution in [-0.2, 0) is 19.2 Å². The Labute approximate surface area is 230 Å². The third-order valence-electron chi connectivity index (χ3n) is 7.00. The van der Waals surface area contributed by atoms with Crippen LogP contribution in [0.4, 0.5) is 0 Å². The molecule has 0 aliphatic rings. The first kappa shape index (κ1) is 35.8. The van der Waals surface area contributed by atoms with Gasteiger partial charge in [-0.2, -0.15) is 5.06 Å². The molecule has 0 fully saturated rings. The van der Waals surface area contributed by atoms with E-state index in [1.54, 1.807) is 5.06 Å². The van der Waals surface area contributed by atoms with Crippen molar-refractivity contribution in [2.75, 3.05) is 20.7 Å². The molecule has 0 spiro atoms. The molecule has 0 aromatic heterocycles. The molecule has 2 atom stereocenters. The van der Waals surface area contributed by atoms with Gasteiger partial charge in [0, 0.05) is 26.4 Å². The zero-order valence-electron chi connectivity index (χ0n) is 25.2. The first-order valence-corrected chi connectivity index (χ1v) is 15.6. The summed E-state index contributed by atoms with van der Waals surface area (Å²) in [6.45, 7) is 6.89. The van der Waals surface area contributed by atoms with Crippen molar-refractivity contribution in [3.8, 4) is 0 Å². The van der Waals surface area contributed by atoms with Crippen molar-refractivity contribution in [2.45, 2.75) is 155 Å². The van der Waals surface area contributed by atoms with Gasteiger partial charge >= 0.3 is 5.97 Å². The number of carbonyl (C=O) groups excluding carboxylic acids is 2. The molecule has 0 aliphatic heterocycles. The molecule has 0 amide bonds. The number of ketones is 1. The molecule has 0 aliphatic carbocycles. The number of unbranched alkanes of at least 4 members (excludes halogenated alkanes) is 13. The van der Waals surface area contributed by atoms with Gasteiger partial charge in [0.15, 0.2) is 5.78 Å². The number of ether oxygens (including phenoxy) is 1. The second-order valence-corrected chi connectivity index (χ2v) is 10.8. The fraction of sp³-hybridized carbons (Fsp3) is 0.875. The Balaban J connectivity index is 4.15. The van der Waals surface area contributed by atoms with E-state index in [2.05, 4.69) is 19.9 Å². The van der Waals surface area contributed by atoms with Crippen molar-refractivity contribution in [1.82, 2.24) is 5.06 Å². The SMILES string of the molecule is CCCCCC/C=C\COC(=O)CCCCCCCC(CCCCCCCC)C(=O)C(CC)ON(C)C. The summed E-state index contributed by atoms with van der Waals surface area (Å²) < 4.78 is 5.31. The highest BCUT2D eigenvalue weighted by Crippen LogP contribution is 2.23. The third-order valence-corrected chi connectivity index (χ3v) is 7.00. The van der Waals surface area contributed by atoms with E-state index in [-0.39, 0.29) is 23.8 Å². The van der Waals surface area contributed by atoms with Crippen LogP contribution >= 0.6 is 0 Å². The zero-order chi connectivity index (χ0) is 27.6. The molecule has 0 aromatic rings. The third kappa shape index (κ3) is 22.5. The summed E-state index contributed by atoms with van der Waals surface area (Å²) >= 11 is 0. The van der Waals surface area contributed by atoms with Gasteiger partial charge in [0.05, 0.1) is 0 Å². The minimum atomic E-state index is -0.331. The van der Waals surface area contributed by atoms with Gasteiger partial charge in [-0.25, -0.2) is 0 Å². The highest BCUT2D eigenvalue weighted by Gasteiger charge is 2.26. The summed E-state index contributed by atoms with van der Waals surface area (Å²) in [5.74, 6) is 0.292. The maximum Gasteiger partial charge on any atom is 0.306 e. The van der Waals surface area contributed by atoms with Gasteiger partial charge < -0.3 is 4.74 Å². The number of hydrogen-bond donors (Lipinski definition) is 0. The molecule has 0 saturated heterocycles. The number of nitrogens with zero attached hydrogens (tertiary/aromatic N) is 1. The first-order chi connectivity index (χ1) is 18.0. The average Bonchev–Trinajstić information content (AvgIpc) is 2.88. The maximum atomic E-state index is 13.2. The Bertz CT molecular complexity index is 561. The van der Waals surface area contributed by atoms with Gasteiger partial charge in [-0.3, -0.25) is 14.4 Å². The summed E-state index contributed by atoms with van der Waals surface area (Å²) in [5.41, 5.74) is 0. The summed E-state index contributed by atoms with van der Waals surface area (Å²) in [4.78, 5) is 30.9. The lowest BCUT2D eigenvalue weighted by Crippen LogP contribution is -2.34. The van der Waals surface area contributed by atoms with Crippen LogP contribution in [0.5, 0.6) is 0 Å². The van der Waals surface area contributed by atoms with Crippen LogP contribution in [0.15, 0.2) is 12.2 Å². The van der Waals surface area contributed by atoms with Crippen molar-refractivity contribution < 1.29 is 19.2 Å². The second-order valence-electron chi connectivity index (χ2n) is 10.8. The van der Waals surface area contributed by atoms with E-state index < -0.39 is 0 Å². The van der Waals surface area contributed by atoms with Gasteiger partial charge in [-0.05, 0) is 38.5 Å². The summed E-state index contributed by atoms with van der Waals surface area (Å²) in [6.07, 6.45) is 25.8. The molecule has 0 rings (SSSR count).